The molecule has 38 heavy (non-hydrogen) atoms. The second-order valence-corrected chi connectivity index (χ2v) is 9.08. The van der Waals surface area contributed by atoms with Crippen molar-refractivity contribution in [2.75, 3.05) is 54.9 Å². The van der Waals surface area contributed by atoms with E-state index in [0.717, 1.165) is 43.0 Å². The molecule has 0 spiro atoms. The van der Waals surface area contributed by atoms with Crippen LogP contribution in [-0.2, 0) is 0 Å². The average Bonchev–Trinajstić information content (AvgIpc) is 2.95. The van der Waals surface area contributed by atoms with Crippen molar-refractivity contribution in [3.63, 3.8) is 0 Å². The van der Waals surface area contributed by atoms with E-state index in [1.54, 1.807) is 12.1 Å². The van der Waals surface area contributed by atoms with Crippen molar-refractivity contribution >= 4 is 29.3 Å². The molecule has 0 bridgehead atoms. The van der Waals surface area contributed by atoms with Crippen molar-refractivity contribution < 1.29 is 9.90 Å². The fourth-order valence-corrected chi connectivity index (χ4v) is 4.15. The maximum atomic E-state index is 12.6. The number of aliphatic hydroxyl groups excluding tert-OH is 1. The number of nitrogens with one attached hydrogen (secondary N) is 2. The lowest BCUT2D eigenvalue weighted by Gasteiger charge is -2.34. The fraction of sp³-hybridized carbons (Fsp3) is 0.250. The van der Waals surface area contributed by atoms with Crippen molar-refractivity contribution in [1.82, 2.24) is 24.8 Å². The number of anilines is 4. The minimum Gasteiger partial charge on any atom is -0.395 e. The lowest BCUT2D eigenvalue weighted by Crippen LogP contribution is -2.47. The normalized spacial score (nSPS) is 13.8. The van der Waals surface area contributed by atoms with Crippen LogP contribution in [-0.4, -0.2) is 75.2 Å². The van der Waals surface area contributed by atoms with Gasteiger partial charge in [0.15, 0.2) is 5.82 Å². The number of β-amino-alcohol motifs (C(OH)–C–C–N with tert-alkyl or cyclic N) is 1. The highest BCUT2D eigenvalue weighted by atomic mass is 16.3. The number of pyridine rings is 1. The first-order chi connectivity index (χ1) is 18.6. The van der Waals surface area contributed by atoms with Crippen LogP contribution >= 0.6 is 0 Å². The van der Waals surface area contributed by atoms with Crippen LogP contribution in [0.15, 0.2) is 72.9 Å². The van der Waals surface area contributed by atoms with Crippen LogP contribution in [0, 0.1) is 6.92 Å². The van der Waals surface area contributed by atoms with Gasteiger partial charge in [0, 0.05) is 50.2 Å². The molecule has 2 aromatic carbocycles. The van der Waals surface area contributed by atoms with Crippen LogP contribution in [0.4, 0.5) is 23.4 Å². The summed E-state index contributed by atoms with van der Waals surface area (Å²) >= 11 is 0. The summed E-state index contributed by atoms with van der Waals surface area (Å²) in [4.78, 5) is 35.4. The van der Waals surface area contributed by atoms with E-state index in [4.69, 9.17) is 4.98 Å². The highest BCUT2D eigenvalue weighted by Crippen LogP contribution is 2.23. The number of aryl methyl sites for hydroxylation is 1. The van der Waals surface area contributed by atoms with Crippen LogP contribution in [0.25, 0.3) is 11.4 Å². The number of rotatable bonds is 8. The zero-order valence-electron chi connectivity index (χ0n) is 21.2. The number of benzene rings is 2. The zero-order chi connectivity index (χ0) is 26.3. The Morgan fingerprint density at radius 3 is 2.37 bits per heavy atom. The highest BCUT2D eigenvalue weighted by molar-refractivity contribution is 6.04. The van der Waals surface area contributed by atoms with Crippen LogP contribution in [0.1, 0.15) is 15.9 Å². The number of amides is 1. The Bertz CT molecular complexity index is 1360. The number of aliphatic hydroxyl groups is 1. The van der Waals surface area contributed by atoms with Gasteiger partial charge in [-0.3, -0.25) is 9.69 Å². The molecule has 194 valence electrons. The minimum atomic E-state index is -0.236. The van der Waals surface area contributed by atoms with Crippen molar-refractivity contribution in [2.24, 2.45) is 0 Å². The molecule has 1 aliphatic rings. The van der Waals surface area contributed by atoms with Crippen molar-refractivity contribution in [2.45, 2.75) is 6.92 Å². The molecule has 10 nitrogen and oxygen atoms in total. The third-order valence-electron chi connectivity index (χ3n) is 6.30. The molecule has 10 heteroatoms. The summed E-state index contributed by atoms with van der Waals surface area (Å²) in [5, 5.41) is 15.3. The largest absolute Gasteiger partial charge is 0.395 e. The molecule has 5 rings (SSSR count). The summed E-state index contributed by atoms with van der Waals surface area (Å²) < 4.78 is 0. The summed E-state index contributed by atoms with van der Waals surface area (Å²) in [7, 11) is 0. The van der Waals surface area contributed by atoms with Gasteiger partial charge in [0.1, 0.15) is 5.82 Å². The predicted octanol–water partition coefficient (Wildman–Crippen LogP) is 3.35. The van der Waals surface area contributed by atoms with E-state index in [1.807, 2.05) is 61.5 Å². The first kappa shape index (κ1) is 25.2. The number of hydrogen-bond acceptors (Lipinski definition) is 9. The average molecular weight is 511 g/mol. The minimum absolute atomic E-state index is 0.150. The quantitative estimate of drug-likeness (QED) is 0.328. The molecule has 1 saturated heterocycles. The van der Waals surface area contributed by atoms with Gasteiger partial charge in [-0.2, -0.15) is 15.0 Å². The van der Waals surface area contributed by atoms with E-state index in [9.17, 15) is 9.90 Å². The molecule has 0 atom stereocenters. The molecule has 0 aliphatic carbocycles. The Morgan fingerprint density at radius 2 is 1.68 bits per heavy atom. The molecule has 1 aliphatic heterocycles. The van der Waals surface area contributed by atoms with E-state index >= 15 is 0 Å². The molecule has 1 fully saturated rings. The fourth-order valence-electron chi connectivity index (χ4n) is 4.15. The summed E-state index contributed by atoms with van der Waals surface area (Å²) in [6, 6.07) is 20.8. The van der Waals surface area contributed by atoms with Crippen LogP contribution in [0.5, 0.6) is 0 Å². The van der Waals surface area contributed by atoms with Gasteiger partial charge in [-0.05, 0) is 31.2 Å². The lowest BCUT2D eigenvalue weighted by molar-refractivity contribution is 0.102. The van der Waals surface area contributed by atoms with E-state index in [-0.39, 0.29) is 12.5 Å². The Kier molecular flexibility index (Phi) is 7.81. The Morgan fingerprint density at radius 1 is 0.921 bits per heavy atom. The summed E-state index contributed by atoms with van der Waals surface area (Å²) in [5.74, 6) is 1.80. The van der Waals surface area contributed by atoms with Gasteiger partial charge in [-0.1, -0.05) is 48.0 Å². The summed E-state index contributed by atoms with van der Waals surface area (Å²) in [6.45, 7) is 6.00. The standard InChI is InChI=1S/C28H30N8O2/c1-20-7-9-21(10-8-20)25-32-27(34-28(33-25)36-15-13-35(14-16-36)17-18-37)31-24-12-11-22(19-29-24)26(38)30-23-5-3-2-4-6-23/h2-12,19,37H,13-18H2,1H3,(H,30,38)(H,29,31,32,33,34). The Hall–Kier alpha value is -4.41. The first-order valence-corrected chi connectivity index (χ1v) is 12.6. The molecular formula is C28H30N8O2. The van der Waals surface area contributed by atoms with E-state index < -0.39 is 0 Å². The highest BCUT2D eigenvalue weighted by Gasteiger charge is 2.21. The third-order valence-corrected chi connectivity index (χ3v) is 6.30. The third kappa shape index (κ3) is 6.28. The number of nitrogens with zero attached hydrogens (tertiary/aromatic N) is 6. The number of piperazine rings is 1. The number of carbonyl (C=O) groups excluding carboxylic acids is 1. The smallest absolute Gasteiger partial charge is 0.257 e. The van der Waals surface area contributed by atoms with Crippen molar-refractivity contribution in [1.29, 1.82) is 0 Å². The molecule has 2 aromatic heterocycles. The van der Waals surface area contributed by atoms with Gasteiger partial charge in [0.2, 0.25) is 11.9 Å². The van der Waals surface area contributed by atoms with Gasteiger partial charge < -0.3 is 20.6 Å². The van der Waals surface area contributed by atoms with Gasteiger partial charge in [-0.15, -0.1) is 0 Å². The van der Waals surface area contributed by atoms with Gasteiger partial charge in [0.05, 0.1) is 12.2 Å². The topological polar surface area (TPSA) is 119 Å². The first-order valence-electron chi connectivity index (χ1n) is 12.6. The van der Waals surface area contributed by atoms with E-state index in [1.165, 1.54) is 6.20 Å². The molecule has 1 amide bonds. The van der Waals surface area contributed by atoms with Crippen molar-refractivity contribution in [3.05, 3.63) is 84.1 Å². The molecule has 3 heterocycles. The Balaban J connectivity index is 1.36. The van der Waals surface area contributed by atoms with Crippen LogP contribution in [0.2, 0.25) is 0 Å². The molecule has 0 unspecified atom stereocenters. The van der Waals surface area contributed by atoms with Gasteiger partial charge in [0.25, 0.3) is 5.91 Å². The second-order valence-electron chi connectivity index (χ2n) is 9.08. The molecule has 0 radical (unpaired) electrons. The van der Waals surface area contributed by atoms with Crippen molar-refractivity contribution in [3.8, 4) is 11.4 Å². The summed E-state index contributed by atoms with van der Waals surface area (Å²) in [5.41, 5.74) is 3.21. The monoisotopic (exact) mass is 510 g/mol. The molecule has 3 N–H and O–H groups in total. The number of para-hydroxylation sites is 1. The second kappa shape index (κ2) is 11.8. The zero-order valence-corrected chi connectivity index (χ0v) is 21.2. The molecular weight excluding hydrogens is 480 g/mol. The maximum absolute atomic E-state index is 12.6. The number of hydrogen-bond donors (Lipinski definition) is 3. The number of aromatic nitrogens is 4. The maximum Gasteiger partial charge on any atom is 0.257 e. The predicted molar refractivity (Wildman–Crippen MR) is 148 cm³/mol. The SMILES string of the molecule is Cc1ccc(-c2nc(Nc3ccc(C(=O)Nc4ccccc4)cn3)nc(N3CCN(CCO)CC3)n2)cc1. The van der Waals surface area contributed by atoms with Crippen LogP contribution < -0.4 is 15.5 Å². The molecule has 4 aromatic rings. The van der Waals surface area contributed by atoms with E-state index in [0.29, 0.717) is 35.6 Å². The van der Waals surface area contributed by atoms with Crippen LogP contribution in [0.3, 0.4) is 0 Å². The van der Waals surface area contributed by atoms with Gasteiger partial charge >= 0.3 is 0 Å². The molecule has 0 saturated carbocycles. The number of carbonyl (C=O) groups is 1. The van der Waals surface area contributed by atoms with Gasteiger partial charge in [-0.25, -0.2) is 4.98 Å². The lowest BCUT2D eigenvalue weighted by atomic mass is 10.1. The Labute approximate surface area is 221 Å². The summed E-state index contributed by atoms with van der Waals surface area (Å²) in [6.07, 6.45) is 1.52. The van der Waals surface area contributed by atoms with E-state index in [2.05, 4.69) is 35.4 Å².